The number of pyridine rings is 2. The lowest BCUT2D eigenvalue weighted by Crippen LogP contribution is -2.03. The maximum Gasteiger partial charge on any atom is 0.339 e. The number of carbonyl (C=O) groups is 1. The molecular weight excluding hydrogens is 300 g/mol. The molecule has 3 aromatic heterocycles. The Morgan fingerprint density at radius 2 is 2.09 bits per heavy atom. The van der Waals surface area contributed by atoms with Crippen LogP contribution in [0.2, 0.25) is 0 Å². The summed E-state index contributed by atoms with van der Waals surface area (Å²) in [6, 6.07) is 8.98. The molecule has 3 heterocycles. The van der Waals surface area contributed by atoms with Crippen LogP contribution in [0.1, 0.15) is 10.4 Å². The summed E-state index contributed by atoms with van der Waals surface area (Å²) in [7, 11) is 1.34. The van der Waals surface area contributed by atoms with E-state index < -0.39 is 5.97 Å². The van der Waals surface area contributed by atoms with Gasteiger partial charge in [0.1, 0.15) is 22.3 Å². The number of thiazole rings is 1. The fourth-order valence-electron chi connectivity index (χ4n) is 1.81. The molecule has 22 heavy (non-hydrogen) atoms. The first-order chi connectivity index (χ1) is 10.8. The number of hydrogen-bond donors (Lipinski definition) is 1. The van der Waals surface area contributed by atoms with Crippen molar-refractivity contribution in [1.29, 1.82) is 0 Å². The summed E-state index contributed by atoms with van der Waals surface area (Å²) in [6.45, 7) is 0. The Morgan fingerprint density at radius 1 is 1.18 bits per heavy atom. The van der Waals surface area contributed by atoms with E-state index in [2.05, 4.69) is 25.0 Å². The first kappa shape index (κ1) is 14.2. The lowest BCUT2D eigenvalue weighted by molar-refractivity contribution is 0.0600. The first-order valence-corrected chi connectivity index (χ1v) is 7.32. The second-order valence-electron chi connectivity index (χ2n) is 4.29. The summed E-state index contributed by atoms with van der Waals surface area (Å²) >= 11 is 1.53. The Balaban J connectivity index is 1.78. The third kappa shape index (κ3) is 3.09. The largest absolute Gasteiger partial charge is 0.465 e. The molecule has 0 amide bonds. The number of esters is 1. The van der Waals surface area contributed by atoms with Crippen molar-refractivity contribution in [1.82, 2.24) is 15.0 Å². The molecule has 0 aliphatic heterocycles. The minimum absolute atomic E-state index is 0.401. The van der Waals surface area contributed by atoms with Crippen LogP contribution in [0.15, 0.2) is 48.1 Å². The SMILES string of the molecule is COC(=O)c1ccc(Nc2cccc(-c3nccs3)n2)nc1. The number of aromatic nitrogens is 3. The number of anilines is 2. The smallest absolute Gasteiger partial charge is 0.339 e. The fraction of sp³-hybridized carbons (Fsp3) is 0.0667. The maximum atomic E-state index is 11.4. The van der Waals surface area contributed by atoms with E-state index in [0.717, 1.165) is 10.7 Å². The predicted octanol–water partition coefficient (Wildman–Crippen LogP) is 3.13. The van der Waals surface area contributed by atoms with Gasteiger partial charge in [-0.3, -0.25) is 0 Å². The molecule has 0 saturated carbocycles. The van der Waals surface area contributed by atoms with Gasteiger partial charge in [0.25, 0.3) is 0 Å². The van der Waals surface area contributed by atoms with Crippen LogP contribution >= 0.6 is 11.3 Å². The van der Waals surface area contributed by atoms with Crippen molar-refractivity contribution in [2.45, 2.75) is 0 Å². The summed E-state index contributed by atoms with van der Waals surface area (Å²) in [6.07, 6.45) is 3.20. The summed E-state index contributed by atoms with van der Waals surface area (Å²) in [5.41, 5.74) is 1.20. The molecule has 0 aliphatic rings. The molecule has 0 fully saturated rings. The quantitative estimate of drug-likeness (QED) is 0.746. The predicted molar refractivity (Wildman–Crippen MR) is 84.2 cm³/mol. The van der Waals surface area contributed by atoms with E-state index in [1.807, 2.05) is 23.6 Å². The van der Waals surface area contributed by atoms with Crippen LogP contribution in [0.3, 0.4) is 0 Å². The van der Waals surface area contributed by atoms with Crippen molar-refractivity contribution in [2.75, 3.05) is 12.4 Å². The van der Waals surface area contributed by atoms with Crippen molar-refractivity contribution in [3.8, 4) is 10.7 Å². The molecule has 0 radical (unpaired) electrons. The third-order valence-corrected chi connectivity index (χ3v) is 3.64. The second kappa shape index (κ2) is 6.31. The zero-order valence-corrected chi connectivity index (χ0v) is 12.5. The standard InChI is InChI=1S/C15H12N4O2S/c1-21-15(20)10-5-6-12(17-9-10)19-13-4-2-3-11(18-13)14-16-7-8-22-14/h2-9H,1H3,(H,17,18,19). The highest BCUT2D eigenvalue weighted by Gasteiger charge is 2.07. The molecule has 0 unspecified atom stereocenters. The molecule has 0 aliphatic carbocycles. The topological polar surface area (TPSA) is 77.0 Å². The van der Waals surface area contributed by atoms with Crippen LogP contribution in [0.4, 0.5) is 11.6 Å². The van der Waals surface area contributed by atoms with Crippen LogP contribution in [0.5, 0.6) is 0 Å². The summed E-state index contributed by atoms with van der Waals surface area (Å²) in [5, 5.41) is 5.86. The Kier molecular flexibility index (Phi) is 4.06. The number of carbonyl (C=O) groups excluding carboxylic acids is 1. The summed E-state index contributed by atoms with van der Waals surface area (Å²) < 4.78 is 4.63. The van der Waals surface area contributed by atoms with Gasteiger partial charge in [0.05, 0.1) is 12.7 Å². The highest BCUT2D eigenvalue weighted by Crippen LogP contribution is 2.22. The van der Waals surface area contributed by atoms with Crippen LogP contribution in [0, 0.1) is 0 Å². The normalized spacial score (nSPS) is 10.2. The van der Waals surface area contributed by atoms with Crippen LogP contribution in [-0.4, -0.2) is 28.0 Å². The summed E-state index contributed by atoms with van der Waals surface area (Å²) in [4.78, 5) is 24.3. The number of ether oxygens (including phenoxy) is 1. The van der Waals surface area contributed by atoms with Gasteiger partial charge in [0.2, 0.25) is 0 Å². The Labute approximate surface area is 130 Å². The van der Waals surface area contributed by atoms with Gasteiger partial charge in [-0.15, -0.1) is 11.3 Å². The molecule has 3 aromatic rings. The van der Waals surface area contributed by atoms with Crippen LogP contribution in [-0.2, 0) is 4.74 Å². The van der Waals surface area contributed by atoms with Gasteiger partial charge >= 0.3 is 5.97 Å². The Morgan fingerprint density at radius 3 is 2.77 bits per heavy atom. The molecule has 0 atom stereocenters. The number of nitrogens with one attached hydrogen (secondary N) is 1. The van der Waals surface area contributed by atoms with Crippen LogP contribution < -0.4 is 5.32 Å². The first-order valence-electron chi connectivity index (χ1n) is 6.44. The van der Waals surface area contributed by atoms with Gasteiger partial charge in [0.15, 0.2) is 0 Å². The van der Waals surface area contributed by atoms with E-state index in [0.29, 0.717) is 17.2 Å². The fourth-order valence-corrected chi connectivity index (χ4v) is 2.42. The van der Waals surface area contributed by atoms with Crippen molar-refractivity contribution in [2.24, 2.45) is 0 Å². The van der Waals surface area contributed by atoms with Crippen molar-refractivity contribution in [3.63, 3.8) is 0 Å². The molecule has 3 rings (SSSR count). The van der Waals surface area contributed by atoms with Crippen molar-refractivity contribution < 1.29 is 9.53 Å². The van der Waals surface area contributed by atoms with E-state index >= 15 is 0 Å². The molecule has 0 bridgehead atoms. The van der Waals surface area contributed by atoms with E-state index in [-0.39, 0.29) is 0 Å². The number of nitrogens with zero attached hydrogens (tertiary/aromatic N) is 3. The minimum Gasteiger partial charge on any atom is -0.465 e. The Bertz CT molecular complexity index is 773. The van der Waals surface area contributed by atoms with Gasteiger partial charge in [-0.2, -0.15) is 0 Å². The molecule has 0 spiro atoms. The molecular formula is C15H12N4O2S. The van der Waals surface area contributed by atoms with Gasteiger partial charge in [-0.1, -0.05) is 6.07 Å². The molecule has 0 saturated heterocycles. The van der Waals surface area contributed by atoms with Crippen molar-refractivity contribution >= 4 is 28.9 Å². The van der Waals surface area contributed by atoms with Gasteiger partial charge in [0, 0.05) is 17.8 Å². The van der Waals surface area contributed by atoms with E-state index in [9.17, 15) is 4.79 Å². The highest BCUT2D eigenvalue weighted by molar-refractivity contribution is 7.13. The lowest BCUT2D eigenvalue weighted by atomic mass is 10.3. The molecule has 7 heteroatoms. The van der Waals surface area contributed by atoms with E-state index in [4.69, 9.17) is 0 Å². The molecule has 110 valence electrons. The number of rotatable bonds is 4. The lowest BCUT2D eigenvalue weighted by Gasteiger charge is -2.06. The molecule has 1 N–H and O–H groups in total. The zero-order valence-electron chi connectivity index (χ0n) is 11.7. The maximum absolute atomic E-state index is 11.4. The average molecular weight is 312 g/mol. The minimum atomic E-state index is -0.414. The number of hydrogen-bond acceptors (Lipinski definition) is 7. The van der Waals surface area contributed by atoms with Gasteiger partial charge < -0.3 is 10.1 Å². The molecule has 0 aromatic carbocycles. The number of methoxy groups -OCH3 is 1. The van der Waals surface area contributed by atoms with Crippen LogP contribution in [0.25, 0.3) is 10.7 Å². The third-order valence-electron chi connectivity index (χ3n) is 2.84. The van der Waals surface area contributed by atoms with E-state index in [1.165, 1.54) is 24.6 Å². The molecule has 6 nitrogen and oxygen atoms in total. The average Bonchev–Trinajstić information content (AvgIpc) is 3.10. The Hall–Kier alpha value is -2.80. The second-order valence-corrected chi connectivity index (χ2v) is 5.19. The van der Waals surface area contributed by atoms with Crippen molar-refractivity contribution in [3.05, 3.63) is 53.7 Å². The highest BCUT2D eigenvalue weighted by atomic mass is 32.1. The van der Waals surface area contributed by atoms with E-state index in [1.54, 1.807) is 18.3 Å². The monoisotopic (exact) mass is 312 g/mol. The zero-order chi connectivity index (χ0) is 15.4. The van der Waals surface area contributed by atoms with Gasteiger partial charge in [-0.05, 0) is 24.3 Å². The van der Waals surface area contributed by atoms with Gasteiger partial charge in [-0.25, -0.2) is 19.7 Å². The summed E-state index contributed by atoms with van der Waals surface area (Å²) in [5.74, 6) is 0.838.